The van der Waals surface area contributed by atoms with E-state index < -0.39 is 5.54 Å². The third-order valence-corrected chi connectivity index (χ3v) is 3.31. The number of nitrogens with two attached hydrogens (primary N) is 1. The standard InChI is InChI=1S/C11H23N3O/c1-3-14(4-2)9-8-13-10(15)11(12)6-5-7-11/h3-9,12H2,1-2H3,(H,13,15). The topological polar surface area (TPSA) is 58.4 Å². The lowest BCUT2D eigenvalue weighted by Crippen LogP contribution is -2.59. The summed E-state index contributed by atoms with van der Waals surface area (Å²) < 4.78 is 0. The summed E-state index contributed by atoms with van der Waals surface area (Å²) in [6.07, 6.45) is 2.76. The molecule has 0 aliphatic heterocycles. The van der Waals surface area contributed by atoms with Crippen molar-refractivity contribution in [3.05, 3.63) is 0 Å². The van der Waals surface area contributed by atoms with Crippen LogP contribution in [0.3, 0.4) is 0 Å². The van der Waals surface area contributed by atoms with Gasteiger partial charge < -0.3 is 16.0 Å². The molecule has 1 fully saturated rings. The number of likely N-dealkylation sites (N-methyl/N-ethyl adjacent to an activating group) is 1. The molecule has 15 heavy (non-hydrogen) atoms. The highest BCUT2D eigenvalue weighted by atomic mass is 16.2. The zero-order chi connectivity index (χ0) is 11.3. The van der Waals surface area contributed by atoms with Crippen molar-refractivity contribution in [2.75, 3.05) is 26.2 Å². The molecule has 0 heterocycles. The summed E-state index contributed by atoms with van der Waals surface area (Å²) in [5.41, 5.74) is 5.35. The second kappa shape index (κ2) is 5.47. The minimum atomic E-state index is -0.552. The maximum absolute atomic E-state index is 11.7. The average molecular weight is 213 g/mol. The van der Waals surface area contributed by atoms with E-state index in [2.05, 4.69) is 24.1 Å². The van der Waals surface area contributed by atoms with Gasteiger partial charge in [0.1, 0.15) is 0 Å². The van der Waals surface area contributed by atoms with Crippen molar-refractivity contribution < 1.29 is 4.79 Å². The van der Waals surface area contributed by atoms with Crippen molar-refractivity contribution in [3.63, 3.8) is 0 Å². The van der Waals surface area contributed by atoms with Crippen LogP contribution in [-0.4, -0.2) is 42.5 Å². The maximum atomic E-state index is 11.7. The Balaban J connectivity index is 2.17. The highest BCUT2D eigenvalue weighted by molar-refractivity contribution is 5.86. The molecular weight excluding hydrogens is 190 g/mol. The van der Waals surface area contributed by atoms with Crippen LogP contribution in [0.5, 0.6) is 0 Å². The summed E-state index contributed by atoms with van der Waals surface area (Å²) in [6, 6.07) is 0. The first-order valence-electron chi connectivity index (χ1n) is 5.92. The minimum Gasteiger partial charge on any atom is -0.353 e. The fraction of sp³-hybridized carbons (Fsp3) is 0.909. The zero-order valence-electron chi connectivity index (χ0n) is 9.88. The first kappa shape index (κ1) is 12.5. The van der Waals surface area contributed by atoms with Gasteiger partial charge >= 0.3 is 0 Å². The van der Waals surface area contributed by atoms with Crippen LogP contribution in [0, 0.1) is 0 Å². The molecule has 0 radical (unpaired) electrons. The van der Waals surface area contributed by atoms with Crippen LogP contribution in [0.2, 0.25) is 0 Å². The van der Waals surface area contributed by atoms with E-state index in [1.807, 2.05) is 0 Å². The van der Waals surface area contributed by atoms with E-state index in [0.29, 0.717) is 6.54 Å². The quantitative estimate of drug-likeness (QED) is 0.668. The number of rotatable bonds is 6. The first-order chi connectivity index (χ1) is 7.12. The van der Waals surface area contributed by atoms with Gasteiger partial charge in [-0.15, -0.1) is 0 Å². The number of hydrogen-bond acceptors (Lipinski definition) is 3. The van der Waals surface area contributed by atoms with Crippen molar-refractivity contribution in [3.8, 4) is 0 Å². The lowest BCUT2D eigenvalue weighted by molar-refractivity contribution is -0.129. The summed E-state index contributed by atoms with van der Waals surface area (Å²) in [4.78, 5) is 13.9. The maximum Gasteiger partial charge on any atom is 0.240 e. The van der Waals surface area contributed by atoms with E-state index in [4.69, 9.17) is 5.73 Å². The van der Waals surface area contributed by atoms with Crippen molar-refractivity contribution in [2.24, 2.45) is 5.73 Å². The highest BCUT2D eigenvalue weighted by Crippen LogP contribution is 2.28. The molecule has 1 saturated carbocycles. The fourth-order valence-electron chi connectivity index (χ4n) is 1.83. The summed E-state index contributed by atoms with van der Waals surface area (Å²) in [5.74, 6) is 0.0286. The predicted octanol–water partition coefficient (Wildman–Crippen LogP) is 0.326. The number of hydrogen-bond donors (Lipinski definition) is 2. The predicted molar refractivity (Wildman–Crippen MR) is 61.6 cm³/mol. The average Bonchev–Trinajstić information content (AvgIpc) is 2.20. The molecule has 0 aromatic heterocycles. The third-order valence-electron chi connectivity index (χ3n) is 3.31. The summed E-state index contributed by atoms with van der Waals surface area (Å²) >= 11 is 0. The zero-order valence-corrected chi connectivity index (χ0v) is 9.88. The van der Waals surface area contributed by atoms with Gasteiger partial charge in [0.2, 0.25) is 5.91 Å². The van der Waals surface area contributed by atoms with Crippen LogP contribution >= 0.6 is 0 Å². The Morgan fingerprint density at radius 2 is 2.00 bits per heavy atom. The fourth-order valence-corrected chi connectivity index (χ4v) is 1.83. The van der Waals surface area contributed by atoms with Gasteiger partial charge in [-0.2, -0.15) is 0 Å². The van der Waals surface area contributed by atoms with Gasteiger partial charge in [-0.05, 0) is 32.4 Å². The summed E-state index contributed by atoms with van der Waals surface area (Å²) in [6.45, 7) is 7.93. The largest absolute Gasteiger partial charge is 0.353 e. The SMILES string of the molecule is CCN(CC)CCNC(=O)C1(N)CCC1. The molecule has 0 atom stereocenters. The minimum absolute atomic E-state index is 0.0286. The van der Waals surface area contributed by atoms with Gasteiger partial charge in [-0.3, -0.25) is 4.79 Å². The molecule has 0 aromatic carbocycles. The third kappa shape index (κ3) is 3.18. The Kier molecular flexibility index (Phi) is 4.54. The molecule has 4 nitrogen and oxygen atoms in total. The number of carbonyl (C=O) groups excluding carboxylic acids is 1. The molecule has 0 saturated heterocycles. The van der Waals surface area contributed by atoms with E-state index in [-0.39, 0.29) is 5.91 Å². The molecule has 1 aliphatic carbocycles. The highest BCUT2D eigenvalue weighted by Gasteiger charge is 2.39. The molecule has 0 unspecified atom stereocenters. The Morgan fingerprint density at radius 3 is 2.40 bits per heavy atom. The smallest absolute Gasteiger partial charge is 0.240 e. The molecular formula is C11H23N3O. The van der Waals surface area contributed by atoms with Gasteiger partial charge in [-0.1, -0.05) is 13.8 Å². The normalized spacial score (nSPS) is 18.7. The number of amides is 1. The Hall–Kier alpha value is -0.610. The lowest BCUT2D eigenvalue weighted by atomic mass is 9.77. The molecule has 88 valence electrons. The molecule has 3 N–H and O–H groups in total. The number of nitrogens with one attached hydrogen (secondary N) is 1. The van der Waals surface area contributed by atoms with E-state index in [9.17, 15) is 4.79 Å². The Labute approximate surface area is 92.2 Å². The van der Waals surface area contributed by atoms with Crippen molar-refractivity contribution >= 4 is 5.91 Å². The number of nitrogens with zero attached hydrogens (tertiary/aromatic N) is 1. The first-order valence-corrected chi connectivity index (χ1v) is 5.92. The molecule has 0 aromatic rings. The van der Waals surface area contributed by atoms with Crippen LogP contribution < -0.4 is 11.1 Å². The van der Waals surface area contributed by atoms with E-state index in [1.54, 1.807) is 0 Å². The summed E-state index contributed by atoms with van der Waals surface area (Å²) in [5, 5.41) is 2.92. The second-order valence-electron chi connectivity index (χ2n) is 4.29. The van der Waals surface area contributed by atoms with Crippen LogP contribution in [0.15, 0.2) is 0 Å². The van der Waals surface area contributed by atoms with Gasteiger partial charge in [0.05, 0.1) is 5.54 Å². The lowest BCUT2D eigenvalue weighted by Gasteiger charge is -2.36. The van der Waals surface area contributed by atoms with Crippen molar-refractivity contribution in [2.45, 2.75) is 38.6 Å². The van der Waals surface area contributed by atoms with E-state index >= 15 is 0 Å². The monoisotopic (exact) mass is 213 g/mol. The Bertz CT molecular complexity index is 210. The van der Waals surface area contributed by atoms with E-state index in [1.165, 1.54) is 0 Å². The molecule has 1 rings (SSSR count). The molecule has 1 aliphatic rings. The second-order valence-corrected chi connectivity index (χ2v) is 4.29. The molecule has 1 amide bonds. The molecule has 0 spiro atoms. The van der Waals surface area contributed by atoms with Crippen LogP contribution in [0.1, 0.15) is 33.1 Å². The van der Waals surface area contributed by atoms with Crippen LogP contribution in [-0.2, 0) is 4.79 Å². The molecule has 4 heteroatoms. The van der Waals surface area contributed by atoms with E-state index in [0.717, 1.165) is 38.9 Å². The van der Waals surface area contributed by atoms with Crippen LogP contribution in [0.4, 0.5) is 0 Å². The van der Waals surface area contributed by atoms with Gasteiger partial charge in [0.25, 0.3) is 0 Å². The molecule has 0 bridgehead atoms. The van der Waals surface area contributed by atoms with Crippen molar-refractivity contribution in [1.29, 1.82) is 0 Å². The van der Waals surface area contributed by atoms with Gasteiger partial charge in [0.15, 0.2) is 0 Å². The van der Waals surface area contributed by atoms with Gasteiger partial charge in [0, 0.05) is 13.1 Å². The van der Waals surface area contributed by atoms with Crippen molar-refractivity contribution in [1.82, 2.24) is 10.2 Å². The van der Waals surface area contributed by atoms with Gasteiger partial charge in [-0.25, -0.2) is 0 Å². The Morgan fingerprint density at radius 1 is 1.40 bits per heavy atom. The number of carbonyl (C=O) groups is 1. The summed E-state index contributed by atoms with van der Waals surface area (Å²) in [7, 11) is 0. The van der Waals surface area contributed by atoms with Crippen LogP contribution in [0.25, 0.3) is 0 Å².